The summed E-state index contributed by atoms with van der Waals surface area (Å²) in [4.78, 5) is 20.8. The Bertz CT molecular complexity index is 1010. The van der Waals surface area contributed by atoms with Crippen molar-refractivity contribution in [3.05, 3.63) is 95.3 Å². The Kier molecular flexibility index (Phi) is 6.57. The second kappa shape index (κ2) is 9.89. The largest absolute Gasteiger partial charge is 0.482 e. The molecule has 6 nitrogen and oxygen atoms in total. The Morgan fingerprint density at radius 1 is 1.03 bits per heavy atom. The minimum Gasteiger partial charge on any atom is -0.482 e. The first-order valence-corrected chi connectivity index (χ1v) is 10.3. The molecule has 4 rings (SSSR count). The van der Waals surface area contributed by atoms with Gasteiger partial charge in [-0.1, -0.05) is 47.6 Å². The number of ether oxygens (including phenoxy) is 1. The van der Waals surface area contributed by atoms with Gasteiger partial charge in [0.2, 0.25) is 0 Å². The monoisotopic (exact) mass is 416 g/mol. The molecule has 6 heteroatoms. The third-order valence-electron chi connectivity index (χ3n) is 5.37. The lowest BCUT2D eigenvalue weighted by Gasteiger charge is -2.26. The van der Waals surface area contributed by atoms with Gasteiger partial charge in [0.05, 0.1) is 0 Å². The van der Waals surface area contributed by atoms with Gasteiger partial charge < -0.3 is 14.7 Å². The number of aromatic nitrogens is 1. The fraction of sp³-hybridized carbons (Fsp3) is 0.240. The Morgan fingerprint density at radius 3 is 2.58 bits per heavy atom. The highest BCUT2D eigenvalue weighted by Gasteiger charge is 2.24. The van der Waals surface area contributed by atoms with Crippen molar-refractivity contribution in [2.45, 2.75) is 25.2 Å². The molecule has 1 aliphatic carbocycles. The average Bonchev–Trinajstić information content (AvgIpc) is 2.81. The van der Waals surface area contributed by atoms with Gasteiger partial charge in [0.1, 0.15) is 18.1 Å². The van der Waals surface area contributed by atoms with Crippen LogP contribution in [0.1, 0.15) is 41.0 Å². The highest BCUT2D eigenvalue weighted by atomic mass is 16.6. The summed E-state index contributed by atoms with van der Waals surface area (Å²) in [5, 5.41) is 13.4. The molecule has 1 N–H and O–H groups in total. The van der Waals surface area contributed by atoms with Gasteiger partial charge in [0.25, 0.3) is 0 Å². The van der Waals surface area contributed by atoms with E-state index in [9.17, 15) is 4.79 Å². The fourth-order valence-corrected chi connectivity index (χ4v) is 3.93. The smallest absolute Gasteiger partial charge is 0.341 e. The summed E-state index contributed by atoms with van der Waals surface area (Å²) >= 11 is 0. The van der Waals surface area contributed by atoms with Gasteiger partial charge in [-0.15, -0.1) is 0 Å². The summed E-state index contributed by atoms with van der Waals surface area (Å²) in [6.07, 6.45) is 6.33. The first-order valence-electron chi connectivity index (χ1n) is 10.3. The minimum atomic E-state index is -0.979. The van der Waals surface area contributed by atoms with Crippen LogP contribution in [0.2, 0.25) is 0 Å². The van der Waals surface area contributed by atoms with Gasteiger partial charge in [0, 0.05) is 29.4 Å². The number of benzene rings is 2. The number of pyridine rings is 1. The molecule has 0 spiro atoms. The highest BCUT2D eigenvalue weighted by molar-refractivity contribution is 6.12. The molecular formula is C25H24N2O4. The van der Waals surface area contributed by atoms with Crippen molar-refractivity contribution in [2.24, 2.45) is 5.16 Å². The molecule has 0 saturated carbocycles. The predicted molar refractivity (Wildman–Crippen MR) is 118 cm³/mol. The minimum absolute atomic E-state index is 0.176. The van der Waals surface area contributed by atoms with E-state index in [0.29, 0.717) is 12.4 Å². The molecule has 0 fully saturated rings. The second-order valence-corrected chi connectivity index (χ2v) is 7.43. The van der Waals surface area contributed by atoms with E-state index in [-0.39, 0.29) is 12.5 Å². The lowest BCUT2D eigenvalue weighted by molar-refractivity contribution is -0.139. The molecule has 158 valence electrons. The summed E-state index contributed by atoms with van der Waals surface area (Å²) in [5.41, 5.74) is 4.90. The number of hydrogen-bond acceptors (Lipinski definition) is 5. The number of oxime groups is 1. The third kappa shape index (κ3) is 5.09. The van der Waals surface area contributed by atoms with Crippen molar-refractivity contribution < 1.29 is 19.5 Å². The summed E-state index contributed by atoms with van der Waals surface area (Å²) in [6, 6.07) is 19.6. The van der Waals surface area contributed by atoms with Gasteiger partial charge in [-0.3, -0.25) is 4.98 Å². The van der Waals surface area contributed by atoms with Crippen LogP contribution in [0.4, 0.5) is 0 Å². The van der Waals surface area contributed by atoms with E-state index < -0.39 is 5.97 Å². The van der Waals surface area contributed by atoms with Crippen molar-refractivity contribution in [2.75, 3.05) is 13.2 Å². The molecule has 1 heterocycles. The number of hydrogen-bond donors (Lipinski definition) is 1. The van der Waals surface area contributed by atoms with Crippen LogP contribution in [-0.2, 0) is 16.1 Å². The number of carboxylic acids is 1. The maximum atomic E-state index is 10.9. The molecule has 0 amide bonds. The Balaban J connectivity index is 1.53. The van der Waals surface area contributed by atoms with Gasteiger partial charge in [-0.05, 0) is 48.6 Å². The number of nitrogens with zero attached hydrogens (tertiary/aromatic N) is 2. The first-order chi connectivity index (χ1) is 15.2. The van der Waals surface area contributed by atoms with Crippen LogP contribution in [0.5, 0.6) is 5.75 Å². The van der Waals surface area contributed by atoms with Crippen LogP contribution in [0, 0.1) is 0 Å². The zero-order chi connectivity index (χ0) is 21.5. The second-order valence-electron chi connectivity index (χ2n) is 7.43. The molecule has 3 aromatic rings. The summed E-state index contributed by atoms with van der Waals surface area (Å²) in [5.74, 6) is -0.155. The van der Waals surface area contributed by atoms with E-state index in [1.807, 2.05) is 54.6 Å². The van der Waals surface area contributed by atoms with Gasteiger partial charge in [-0.25, -0.2) is 4.79 Å². The lowest BCUT2D eigenvalue weighted by Crippen LogP contribution is -2.17. The molecule has 0 radical (unpaired) electrons. The number of fused-ring (bicyclic) bond motifs is 1. The maximum absolute atomic E-state index is 10.9. The van der Waals surface area contributed by atoms with Crippen molar-refractivity contribution in [3.63, 3.8) is 0 Å². The van der Waals surface area contributed by atoms with Crippen molar-refractivity contribution >= 4 is 11.7 Å². The quantitative estimate of drug-likeness (QED) is 0.434. The van der Waals surface area contributed by atoms with Gasteiger partial charge in [-0.2, -0.15) is 0 Å². The van der Waals surface area contributed by atoms with E-state index in [1.165, 1.54) is 0 Å². The summed E-state index contributed by atoms with van der Waals surface area (Å²) < 4.78 is 5.50. The Morgan fingerprint density at radius 2 is 1.81 bits per heavy atom. The molecule has 1 atom stereocenters. The number of rotatable bonds is 8. The number of aliphatic carboxylic acids is 1. The molecule has 31 heavy (non-hydrogen) atoms. The van der Waals surface area contributed by atoms with Crippen LogP contribution in [-0.4, -0.2) is 35.0 Å². The molecule has 2 aromatic carbocycles. The zero-order valence-electron chi connectivity index (χ0n) is 17.1. The molecule has 1 aliphatic rings. The van der Waals surface area contributed by atoms with E-state index >= 15 is 0 Å². The summed E-state index contributed by atoms with van der Waals surface area (Å²) in [7, 11) is 0. The highest BCUT2D eigenvalue weighted by Crippen LogP contribution is 2.37. The van der Waals surface area contributed by atoms with Crippen molar-refractivity contribution in [1.82, 2.24) is 4.98 Å². The van der Waals surface area contributed by atoms with Crippen LogP contribution in [0.25, 0.3) is 0 Å². The van der Waals surface area contributed by atoms with Gasteiger partial charge >= 0.3 is 5.97 Å². The van der Waals surface area contributed by atoms with Crippen LogP contribution < -0.4 is 4.74 Å². The fourth-order valence-electron chi connectivity index (χ4n) is 3.93. The average molecular weight is 416 g/mol. The van der Waals surface area contributed by atoms with Crippen LogP contribution >= 0.6 is 0 Å². The molecule has 0 bridgehead atoms. The zero-order valence-corrected chi connectivity index (χ0v) is 17.1. The summed E-state index contributed by atoms with van der Waals surface area (Å²) in [6.45, 7) is 0.102. The van der Waals surface area contributed by atoms with E-state index in [4.69, 9.17) is 14.7 Å². The predicted octanol–water partition coefficient (Wildman–Crippen LogP) is 4.43. The van der Waals surface area contributed by atoms with Crippen molar-refractivity contribution in [3.8, 4) is 5.75 Å². The number of carbonyl (C=O) groups is 1. The Hall–Kier alpha value is -3.67. The van der Waals surface area contributed by atoms with Crippen molar-refractivity contribution in [1.29, 1.82) is 0 Å². The SMILES string of the molecule is O=C(O)COc1cccc2c1CCCC2CO/N=C(/c1ccccc1)c1ccncc1. The molecular weight excluding hydrogens is 392 g/mol. The first kappa shape index (κ1) is 20.6. The maximum Gasteiger partial charge on any atom is 0.341 e. The molecule has 0 aliphatic heterocycles. The van der Waals surface area contributed by atoms with Crippen LogP contribution in [0.3, 0.4) is 0 Å². The van der Waals surface area contributed by atoms with Crippen LogP contribution in [0.15, 0.2) is 78.2 Å². The normalized spacial score (nSPS) is 15.7. The van der Waals surface area contributed by atoms with E-state index in [0.717, 1.165) is 47.2 Å². The third-order valence-corrected chi connectivity index (χ3v) is 5.37. The Labute approximate surface area is 181 Å². The van der Waals surface area contributed by atoms with Gasteiger partial charge in [0.15, 0.2) is 6.61 Å². The number of carboxylic acid groups (broad SMARTS) is 1. The molecule has 1 aromatic heterocycles. The topological polar surface area (TPSA) is 81.0 Å². The molecule has 0 saturated heterocycles. The lowest BCUT2D eigenvalue weighted by atomic mass is 9.83. The standard InChI is InChI=1S/C25H24N2O4/c28-24(29)17-30-23-11-5-9-21-20(8-4-10-22(21)23)16-31-27-25(18-6-2-1-3-7-18)19-12-14-26-15-13-19/h1-3,5-7,9,11-15,20H,4,8,10,16-17H2,(H,28,29)/b27-25-. The van der Waals surface area contributed by atoms with E-state index in [1.54, 1.807) is 12.4 Å². The molecule has 1 unspecified atom stereocenters. The van der Waals surface area contributed by atoms with E-state index in [2.05, 4.69) is 16.2 Å².